The molecule has 0 saturated heterocycles. The summed E-state index contributed by atoms with van der Waals surface area (Å²) in [6.45, 7) is 3.98. The highest BCUT2D eigenvalue weighted by Gasteiger charge is 2.60. The van der Waals surface area contributed by atoms with E-state index >= 15 is 0 Å². The molecule has 0 aliphatic heterocycles. The molecule has 0 radical (unpaired) electrons. The highest BCUT2D eigenvalue weighted by molar-refractivity contribution is 8.00. The molecule has 26 heavy (non-hydrogen) atoms. The number of benzene rings is 1. The van der Waals surface area contributed by atoms with Crippen molar-refractivity contribution in [2.45, 2.75) is 23.9 Å². The third-order valence-corrected chi connectivity index (χ3v) is 6.72. The van der Waals surface area contributed by atoms with Gasteiger partial charge in [0.2, 0.25) is 11.0 Å². The lowest BCUT2D eigenvalue weighted by Gasteiger charge is -2.02. The number of anilines is 1. The zero-order valence-electron chi connectivity index (χ0n) is 14.0. The van der Waals surface area contributed by atoms with Crippen molar-refractivity contribution < 1.29 is 9.18 Å². The molecule has 2 atom stereocenters. The van der Waals surface area contributed by atoms with Gasteiger partial charge in [-0.05, 0) is 29.0 Å². The fraction of sp³-hybridized carbons (Fsp3) is 0.353. The number of allylic oxidation sites excluding steroid dienone is 1. The van der Waals surface area contributed by atoms with Gasteiger partial charge in [0.05, 0.1) is 5.92 Å². The van der Waals surface area contributed by atoms with Crippen molar-refractivity contribution in [1.29, 1.82) is 0 Å². The second-order valence-corrected chi connectivity index (χ2v) is 9.73. The van der Waals surface area contributed by atoms with Gasteiger partial charge in [0.25, 0.3) is 0 Å². The summed E-state index contributed by atoms with van der Waals surface area (Å²) in [5.41, 5.74) is 0.400. The lowest BCUT2D eigenvalue weighted by molar-refractivity contribution is -0.118. The van der Waals surface area contributed by atoms with Crippen LogP contribution in [-0.4, -0.2) is 16.1 Å². The summed E-state index contributed by atoms with van der Waals surface area (Å²) in [6, 6.07) is 6.61. The number of hydrogen-bond acceptors (Lipinski definition) is 5. The SMILES string of the molecule is CC1(C)[C@@H](C=C(Cl)Cl)[C@@H]1C(=O)Nc1nnc(SCc2ccccc2F)s1. The Bertz CT molecular complexity index is 852. The molecule has 0 unspecified atom stereocenters. The number of halogens is 3. The van der Waals surface area contributed by atoms with Gasteiger partial charge in [-0.2, -0.15) is 0 Å². The Labute approximate surface area is 169 Å². The summed E-state index contributed by atoms with van der Waals surface area (Å²) < 4.78 is 14.5. The molecule has 1 aliphatic carbocycles. The van der Waals surface area contributed by atoms with Crippen molar-refractivity contribution in [2.24, 2.45) is 17.3 Å². The van der Waals surface area contributed by atoms with E-state index in [1.165, 1.54) is 29.2 Å². The first kappa shape index (κ1) is 19.6. The number of thioether (sulfide) groups is 1. The molecule has 1 fully saturated rings. The number of hydrogen-bond donors (Lipinski definition) is 1. The molecule has 1 N–H and O–H groups in total. The second-order valence-electron chi connectivity index (χ2n) is 6.52. The zero-order chi connectivity index (χ0) is 18.9. The van der Waals surface area contributed by atoms with Crippen LogP contribution < -0.4 is 5.32 Å². The Morgan fingerprint density at radius 2 is 2.12 bits per heavy atom. The molecule has 138 valence electrons. The lowest BCUT2D eigenvalue weighted by atomic mass is 10.1. The summed E-state index contributed by atoms with van der Waals surface area (Å²) in [4.78, 5) is 12.5. The minimum Gasteiger partial charge on any atom is -0.300 e. The Morgan fingerprint density at radius 1 is 1.38 bits per heavy atom. The molecule has 0 bridgehead atoms. The number of carbonyl (C=O) groups excluding carboxylic acids is 1. The minimum atomic E-state index is -0.244. The van der Waals surface area contributed by atoms with E-state index in [1.807, 2.05) is 13.8 Å². The monoisotopic (exact) mass is 431 g/mol. The number of rotatable bonds is 6. The van der Waals surface area contributed by atoms with Gasteiger partial charge in [-0.3, -0.25) is 4.79 Å². The third-order valence-electron chi connectivity index (χ3n) is 4.44. The van der Waals surface area contributed by atoms with Crippen LogP contribution in [0, 0.1) is 23.1 Å². The first-order valence-corrected chi connectivity index (χ1v) is 10.4. The maximum absolute atomic E-state index is 13.6. The van der Waals surface area contributed by atoms with Gasteiger partial charge in [0, 0.05) is 5.75 Å². The molecule has 1 aromatic carbocycles. The molecule has 1 aromatic heterocycles. The summed E-state index contributed by atoms with van der Waals surface area (Å²) in [7, 11) is 0. The van der Waals surface area contributed by atoms with Gasteiger partial charge in [-0.1, -0.05) is 78.3 Å². The second kappa shape index (κ2) is 7.84. The van der Waals surface area contributed by atoms with Crippen molar-refractivity contribution in [3.05, 3.63) is 46.2 Å². The lowest BCUT2D eigenvalue weighted by Crippen LogP contribution is -2.16. The number of nitrogens with zero attached hydrogens (tertiary/aromatic N) is 2. The van der Waals surface area contributed by atoms with Crippen molar-refractivity contribution in [1.82, 2.24) is 10.2 Å². The average Bonchev–Trinajstić information content (AvgIpc) is 2.90. The first-order valence-electron chi connectivity index (χ1n) is 7.82. The zero-order valence-corrected chi connectivity index (χ0v) is 17.1. The summed E-state index contributed by atoms with van der Waals surface area (Å²) in [5.74, 6) is -0.145. The van der Waals surface area contributed by atoms with Crippen LogP contribution in [0.5, 0.6) is 0 Å². The molecule has 1 heterocycles. The molecule has 1 aliphatic rings. The van der Waals surface area contributed by atoms with Crippen LogP contribution in [0.4, 0.5) is 9.52 Å². The molecule has 9 heteroatoms. The van der Waals surface area contributed by atoms with Crippen LogP contribution in [-0.2, 0) is 10.5 Å². The van der Waals surface area contributed by atoms with Crippen LogP contribution >= 0.6 is 46.3 Å². The summed E-state index contributed by atoms with van der Waals surface area (Å²) >= 11 is 14.1. The molecule has 1 saturated carbocycles. The Morgan fingerprint density at radius 3 is 2.81 bits per heavy atom. The van der Waals surface area contributed by atoms with E-state index in [-0.39, 0.29) is 33.5 Å². The van der Waals surface area contributed by atoms with Crippen LogP contribution in [0.15, 0.2) is 39.2 Å². The minimum absolute atomic E-state index is 0.00433. The molecule has 4 nitrogen and oxygen atoms in total. The molecule has 0 spiro atoms. The molecular formula is C17H16Cl2FN3OS2. The normalized spacial score (nSPS) is 20.5. The summed E-state index contributed by atoms with van der Waals surface area (Å²) in [5, 5.41) is 11.2. The number of aromatic nitrogens is 2. The van der Waals surface area contributed by atoms with Crippen molar-refractivity contribution in [2.75, 3.05) is 5.32 Å². The van der Waals surface area contributed by atoms with E-state index in [4.69, 9.17) is 23.2 Å². The van der Waals surface area contributed by atoms with E-state index in [0.717, 1.165) is 0 Å². The van der Waals surface area contributed by atoms with Crippen molar-refractivity contribution in [3.63, 3.8) is 0 Å². The highest BCUT2D eigenvalue weighted by Crippen LogP contribution is 2.60. The quantitative estimate of drug-likeness (QED) is 0.484. The Balaban J connectivity index is 1.58. The van der Waals surface area contributed by atoms with E-state index in [0.29, 0.717) is 20.8 Å². The first-order chi connectivity index (χ1) is 12.3. The Hall–Kier alpha value is -1.15. The topological polar surface area (TPSA) is 54.9 Å². The van der Waals surface area contributed by atoms with Gasteiger partial charge in [0.15, 0.2) is 4.34 Å². The smallest absolute Gasteiger partial charge is 0.230 e. The largest absolute Gasteiger partial charge is 0.300 e. The molecular weight excluding hydrogens is 416 g/mol. The van der Waals surface area contributed by atoms with Crippen molar-refractivity contribution >= 4 is 57.3 Å². The maximum atomic E-state index is 13.6. The van der Waals surface area contributed by atoms with Crippen LogP contribution in [0.2, 0.25) is 0 Å². The fourth-order valence-corrected chi connectivity index (χ4v) is 4.89. The summed E-state index contributed by atoms with van der Waals surface area (Å²) in [6.07, 6.45) is 1.70. The van der Waals surface area contributed by atoms with Gasteiger partial charge in [-0.25, -0.2) is 4.39 Å². The predicted octanol–water partition coefficient (Wildman–Crippen LogP) is 5.50. The third kappa shape index (κ3) is 4.39. The van der Waals surface area contributed by atoms with Gasteiger partial charge in [-0.15, -0.1) is 10.2 Å². The van der Waals surface area contributed by atoms with E-state index < -0.39 is 0 Å². The predicted molar refractivity (Wildman–Crippen MR) is 105 cm³/mol. The van der Waals surface area contributed by atoms with Crippen molar-refractivity contribution in [3.8, 4) is 0 Å². The molecule has 1 amide bonds. The molecule has 3 rings (SSSR count). The van der Waals surface area contributed by atoms with E-state index in [1.54, 1.807) is 24.3 Å². The standard InChI is InChI=1S/C17H16Cl2FN3OS2/c1-17(2)10(7-12(18)19)13(17)14(24)21-15-22-23-16(26-15)25-8-9-5-3-4-6-11(9)20/h3-7,10,13H,8H2,1-2H3,(H,21,22,24)/t10-,13+/m0/s1. The highest BCUT2D eigenvalue weighted by atomic mass is 35.5. The van der Waals surface area contributed by atoms with Crippen LogP contribution in [0.25, 0.3) is 0 Å². The maximum Gasteiger partial charge on any atom is 0.230 e. The number of amides is 1. The average molecular weight is 432 g/mol. The van der Waals surface area contributed by atoms with Gasteiger partial charge >= 0.3 is 0 Å². The van der Waals surface area contributed by atoms with E-state index in [2.05, 4.69) is 15.5 Å². The Kier molecular flexibility index (Phi) is 5.91. The number of carbonyl (C=O) groups is 1. The molecule has 2 aromatic rings. The van der Waals surface area contributed by atoms with Gasteiger partial charge < -0.3 is 5.32 Å². The number of nitrogens with one attached hydrogen (secondary N) is 1. The van der Waals surface area contributed by atoms with Crippen LogP contribution in [0.3, 0.4) is 0 Å². The van der Waals surface area contributed by atoms with Gasteiger partial charge in [0.1, 0.15) is 10.3 Å². The fourth-order valence-electron chi connectivity index (χ4n) is 2.88. The van der Waals surface area contributed by atoms with E-state index in [9.17, 15) is 9.18 Å². The van der Waals surface area contributed by atoms with Crippen LogP contribution in [0.1, 0.15) is 19.4 Å².